The third kappa shape index (κ3) is 13.0. The summed E-state index contributed by atoms with van der Waals surface area (Å²) in [4.78, 5) is 27.4. The smallest absolute Gasteiger partial charge is 0.220 e. The summed E-state index contributed by atoms with van der Waals surface area (Å²) >= 11 is 0. The molecular weight excluding hydrogens is 671 g/mol. The zero-order valence-corrected chi connectivity index (χ0v) is 35.7. The molecule has 54 heavy (non-hydrogen) atoms. The van der Waals surface area contributed by atoms with Gasteiger partial charge in [-0.15, -0.1) is 0 Å². The molecule has 4 rings (SSSR count). The highest BCUT2D eigenvalue weighted by molar-refractivity contribution is 5.76. The Labute approximate surface area is 332 Å². The number of fused-ring (bicyclic) bond motifs is 5. The highest BCUT2D eigenvalue weighted by Gasteiger charge is 2.62. The predicted molar refractivity (Wildman–Crippen MR) is 224 cm³/mol. The van der Waals surface area contributed by atoms with Gasteiger partial charge in [0.15, 0.2) is 0 Å². The van der Waals surface area contributed by atoms with Crippen LogP contribution >= 0.6 is 0 Å². The number of carbonyl (C=O) groups is 2. The number of unbranched alkanes of at least 4 members (excludes halogenated alkanes) is 11. The van der Waals surface area contributed by atoms with E-state index in [9.17, 15) is 19.8 Å². The monoisotopic (exact) mass is 756 g/mol. The summed E-state index contributed by atoms with van der Waals surface area (Å²) in [6, 6.07) is 0. The molecule has 4 saturated carbocycles. The molecule has 7 heteroatoms. The van der Waals surface area contributed by atoms with Crippen LogP contribution in [0.15, 0.2) is 12.2 Å². The zero-order chi connectivity index (χ0) is 39.0. The highest BCUT2D eigenvalue weighted by Crippen LogP contribution is 2.68. The Morgan fingerprint density at radius 2 is 1.31 bits per heavy atom. The van der Waals surface area contributed by atoms with Crippen LogP contribution in [0.25, 0.3) is 0 Å². The number of aliphatic hydroxyl groups excluding tert-OH is 2. The summed E-state index contributed by atoms with van der Waals surface area (Å²) in [7, 11) is 2.05. The van der Waals surface area contributed by atoms with Gasteiger partial charge in [0, 0.05) is 39.0 Å². The Bertz CT molecular complexity index is 1130. The summed E-state index contributed by atoms with van der Waals surface area (Å²) in [5, 5.41) is 28.2. The summed E-state index contributed by atoms with van der Waals surface area (Å²) < 4.78 is 0. The summed E-state index contributed by atoms with van der Waals surface area (Å²) in [6.07, 6.45) is 31.5. The lowest BCUT2D eigenvalue weighted by atomic mass is 9.43. The highest BCUT2D eigenvalue weighted by atomic mass is 16.3. The second-order valence-electron chi connectivity index (χ2n) is 19.3. The first-order valence-electron chi connectivity index (χ1n) is 23.2. The van der Waals surface area contributed by atoms with Gasteiger partial charge >= 0.3 is 0 Å². The molecule has 7 nitrogen and oxygen atoms in total. The van der Waals surface area contributed by atoms with Crippen LogP contribution in [-0.4, -0.2) is 72.4 Å². The van der Waals surface area contributed by atoms with Crippen LogP contribution in [0.3, 0.4) is 0 Å². The molecule has 4 fully saturated rings. The fourth-order valence-corrected chi connectivity index (χ4v) is 12.2. The molecule has 0 aromatic rings. The number of likely N-dealkylation sites (N-methyl/N-ethyl adjacent to an activating group) is 1. The largest absolute Gasteiger partial charge is 0.393 e. The van der Waals surface area contributed by atoms with Gasteiger partial charge in [0.1, 0.15) is 0 Å². The van der Waals surface area contributed by atoms with Gasteiger partial charge in [-0.05, 0) is 143 Å². The maximum atomic E-state index is 12.9. The van der Waals surface area contributed by atoms with E-state index in [0.717, 1.165) is 58.0 Å². The minimum Gasteiger partial charge on any atom is -0.393 e. The van der Waals surface area contributed by atoms with E-state index < -0.39 is 0 Å². The van der Waals surface area contributed by atoms with Crippen LogP contribution in [0.1, 0.15) is 182 Å². The van der Waals surface area contributed by atoms with Gasteiger partial charge in [0.05, 0.1) is 12.2 Å². The molecule has 312 valence electrons. The van der Waals surface area contributed by atoms with Crippen molar-refractivity contribution in [1.29, 1.82) is 0 Å². The van der Waals surface area contributed by atoms with Crippen LogP contribution in [0.5, 0.6) is 0 Å². The standard InChI is InChI=1S/C47H85N3O4/c1-6-7-8-9-10-11-12-13-14-15-16-17-18-19-20-21-43(53)48-30-32-50(5)33-31-49-44(54)25-22-36(2)39-23-24-40-45-41(27-29-47(39,40)4)46(3)28-26-38(51)34-37(46)35-42(45)52/h13-14,36-42,45,51-52H,6-12,15-35H2,1-5H3,(H,48,53)(H,49,54)/t36-,37+,38-,39?,40+,41+,42-,45+,46+,47-/m1/s1. The van der Waals surface area contributed by atoms with Crippen molar-refractivity contribution in [1.82, 2.24) is 15.5 Å². The van der Waals surface area contributed by atoms with Gasteiger partial charge < -0.3 is 25.7 Å². The Morgan fingerprint density at radius 3 is 1.98 bits per heavy atom. The third-order valence-corrected chi connectivity index (χ3v) is 15.5. The van der Waals surface area contributed by atoms with Gasteiger partial charge in [-0.2, -0.15) is 0 Å². The van der Waals surface area contributed by atoms with Crippen molar-refractivity contribution in [3.05, 3.63) is 12.2 Å². The van der Waals surface area contributed by atoms with Crippen molar-refractivity contribution in [3.63, 3.8) is 0 Å². The zero-order valence-electron chi connectivity index (χ0n) is 35.7. The average Bonchev–Trinajstić information content (AvgIpc) is 3.50. The van der Waals surface area contributed by atoms with E-state index in [0.29, 0.717) is 61.4 Å². The van der Waals surface area contributed by atoms with Gasteiger partial charge in [-0.3, -0.25) is 9.59 Å². The number of aliphatic hydroxyl groups is 2. The number of nitrogens with one attached hydrogen (secondary N) is 2. The Hall–Kier alpha value is -1.44. The Kier molecular flexibility index (Phi) is 19.4. The molecule has 0 saturated heterocycles. The van der Waals surface area contributed by atoms with Gasteiger partial charge in [0.25, 0.3) is 0 Å². The number of rotatable bonds is 25. The molecule has 1 unspecified atom stereocenters. The predicted octanol–water partition coefficient (Wildman–Crippen LogP) is 9.60. The molecule has 0 spiro atoms. The first-order chi connectivity index (χ1) is 26.0. The van der Waals surface area contributed by atoms with Crippen molar-refractivity contribution in [2.24, 2.45) is 46.3 Å². The molecule has 4 aliphatic rings. The molecule has 0 aliphatic heterocycles. The van der Waals surface area contributed by atoms with Crippen LogP contribution in [0.4, 0.5) is 0 Å². The third-order valence-electron chi connectivity index (χ3n) is 15.5. The molecule has 0 radical (unpaired) electrons. The Balaban J connectivity index is 1.00. The minimum atomic E-state index is -0.237. The summed E-state index contributed by atoms with van der Waals surface area (Å²) in [5.74, 6) is 3.40. The fraction of sp³-hybridized carbons (Fsp3) is 0.915. The first kappa shape index (κ1) is 45.3. The quantitative estimate of drug-likeness (QED) is 0.0550. The van der Waals surface area contributed by atoms with E-state index in [1.807, 2.05) is 0 Å². The van der Waals surface area contributed by atoms with Crippen molar-refractivity contribution in [3.8, 4) is 0 Å². The second-order valence-corrected chi connectivity index (χ2v) is 19.3. The van der Waals surface area contributed by atoms with E-state index in [1.165, 1.54) is 96.3 Å². The van der Waals surface area contributed by atoms with Crippen LogP contribution in [0.2, 0.25) is 0 Å². The number of hydrogen-bond donors (Lipinski definition) is 4. The van der Waals surface area contributed by atoms with Crippen molar-refractivity contribution in [2.75, 3.05) is 33.2 Å². The van der Waals surface area contributed by atoms with Crippen LogP contribution in [-0.2, 0) is 9.59 Å². The van der Waals surface area contributed by atoms with Gasteiger partial charge in [-0.1, -0.05) is 91.2 Å². The number of amides is 2. The lowest BCUT2D eigenvalue weighted by Gasteiger charge is -2.62. The van der Waals surface area contributed by atoms with E-state index in [4.69, 9.17) is 0 Å². The number of allylic oxidation sites excluding steroid dienone is 2. The van der Waals surface area contributed by atoms with Crippen molar-refractivity contribution < 1.29 is 19.8 Å². The van der Waals surface area contributed by atoms with Crippen molar-refractivity contribution in [2.45, 2.75) is 194 Å². The molecule has 0 heterocycles. The van der Waals surface area contributed by atoms with Crippen molar-refractivity contribution >= 4 is 11.8 Å². The molecule has 0 aromatic heterocycles. The summed E-state index contributed by atoms with van der Waals surface area (Å²) in [5.41, 5.74) is 0.509. The van der Waals surface area contributed by atoms with E-state index >= 15 is 0 Å². The van der Waals surface area contributed by atoms with E-state index in [1.54, 1.807) is 0 Å². The maximum absolute atomic E-state index is 12.9. The average molecular weight is 756 g/mol. The van der Waals surface area contributed by atoms with Gasteiger partial charge in [0.2, 0.25) is 11.8 Å². The number of nitrogens with zero attached hydrogens (tertiary/aromatic N) is 1. The Morgan fingerprint density at radius 1 is 0.741 bits per heavy atom. The van der Waals surface area contributed by atoms with Crippen LogP contribution in [0, 0.1) is 46.3 Å². The maximum Gasteiger partial charge on any atom is 0.220 e. The van der Waals surface area contributed by atoms with E-state index in [2.05, 4.69) is 62.4 Å². The van der Waals surface area contributed by atoms with Gasteiger partial charge in [-0.25, -0.2) is 0 Å². The number of hydrogen-bond acceptors (Lipinski definition) is 5. The number of carbonyl (C=O) groups excluding carboxylic acids is 2. The molecule has 2 amide bonds. The molecule has 4 aliphatic carbocycles. The van der Waals surface area contributed by atoms with Crippen LogP contribution < -0.4 is 10.6 Å². The second kappa shape index (κ2) is 23.1. The normalized spacial score (nSPS) is 32.6. The molecular formula is C47H85N3O4. The molecule has 0 aromatic carbocycles. The lowest BCUT2D eigenvalue weighted by molar-refractivity contribution is -0.174. The molecule has 4 N–H and O–H groups in total. The summed E-state index contributed by atoms with van der Waals surface area (Å²) in [6.45, 7) is 12.5. The first-order valence-corrected chi connectivity index (χ1v) is 23.2. The van der Waals surface area contributed by atoms with E-state index in [-0.39, 0.29) is 34.9 Å². The molecule has 0 bridgehead atoms. The minimum absolute atomic E-state index is 0.146. The fourth-order valence-electron chi connectivity index (χ4n) is 12.2. The topological polar surface area (TPSA) is 102 Å². The SMILES string of the molecule is CCCCCCCCC=CCCCCCCCC(=O)NCCN(C)CCNC(=O)CC[C@@H](C)C1CC[C@H]2[C@@H]3[C@H](O)C[C@@H]4C[C@H](O)CC[C@]4(C)[C@H]3CC[C@]12C. The molecule has 10 atom stereocenters. The lowest BCUT2D eigenvalue weighted by Crippen LogP contribution is -2.58.